The topological polar surface area (TPSA) is 72.7 Å². The Kier molecular flexibility index (Phi) is 5.30. The van der Waals surface area contributed by atoms with Crippen molar-refractivity contribution in [1.29, 1.82) is 0 Å². The van der Waals surface area contributed by atoms with E-state index in [0.717, 1.165) is 5.69 Å². The molecule has 0 N–H and O–H groups in total. The van der Waals surface area contributed by atoms with Gasteiger partial charge in [0.25, 0.3) is 5.91 Å². The number of nitro benzene ring substituents is 1. The molecule has 0 heterocycles. The van der Waals surface area contributed by atoms with E-state index in [1.54, 1.807) is 17.9 Å². The van der Waals surface area contributed by atoms with Gasteiger partial charge in [0.1, 0.15) is 0 Å². The van der Waals surface area contributed by atoms with Gasteiger partial charge in [0, 0.05) is 23.9 Å². The number of anilines is 1. The Morgan fingerprint density at radius 1 is 1.17 bits per heavy atom. The maximum atomic E-state index is 12.7. The summed E-state index contributed by atoms with van der Waals surface area (Å²) in [5.41, 5.74) is 0.796. The summed E-state index contributed by atoms with van der Waals surface area (Å²) in [6.45, 7) is 4.38. The number of carbonyl (C=O) groups is 1. The van der Waals surface area contributed by atoms with Gasteiger partial charge in [-0.25, -0.2) is 0 Å². The highest BCUT2D eigenvalue weighted by molar-refractivity contribution is 6.06. The molecule has 0 spiro atoms. The number of para-hydroxylation sites is 1. The molecule has 0 saturated heterocycles. The van der Waals surface area contributed by atoms with E-state index >= 15 is 0 Å². The summed E-state index contributed by atoms with van der Waals surface area (Å²) < 4.78 is 5.24. The second-order valence-electron chi connectivity index (χ2n) is 4.76. The molecule has 6 heteroatoms. The summed E-state index contributed by atoms with van der Waals surface area (Å²) >= 11 is 0. The van der Waals surface area contributed by atoms with E-state index in [4.69, 9.17) is 4.74 Å². The number of hydrogen-bond donors (Lipinski definition) is 0. The van der Waals surface area contributed by atoms with Gasteiger partial charge in [0.15, 0.2) is 5.75 Å². The minimum atomic E-state index is -0.541. The standard InChI is InChI=1S/C17H18N2O4/c1-3-18(14-8-6-5-7-9-14)17(20)13-10-11-16(23-4-2)15(12-13)19(21)22/h5-12H,3-4H2,1-2H3. The molecule has 0 aromatic heterocycles. The average molecular weight is 314 g/mol. The Bertz CT molecular complexity index is 701. The van der Waals surface area contributed by atoms with Gasteiger partial charge in [0.2, 0.25) is 0 Å². The number of benzene rings is 2. The van der Waals surface area contributed by atoms with Crippen LogP contribution in [0, 0.1) is 10.1 Å². The third-order valence-electron chi connectivity index (χ3n) is 3.33. The lowest BCUT2D eigenvalue weighted by Gasteiger charge is -2.21. The Hall–Kier alpha value is -2.89. The van der Waals surface area contributed by atoms with E-state index in [1.807, 2.05) is 37.3 Å². The van der Waals surface area contributed by atoms with Crippen LogP contribution in [0.5, 0.6) is 5.75 Å². The Balaban J connectivity index is 2.38. The minimum Gasteiger partial charge on any atom is -0.487 e. The Morgan fingerprint density at radius 2 is 1.87 bits per heavy atom. The number of nitrogens with zero attached hydrogens (tertiary/aromatic N) is 2. The van der Waals surface area contributed by atoms with Crippen LogP contribution in [0.2, 0.25) is 0 Å². The Labute approximate surface area is 134 Å². The van der Waals surface area contributed by atoms with Crippen molar-refractivity contribution in [2.45, 2.75) is 13.8 Å². The first kappa shape index (κ1) is 16.5. The molecule has 0 atom stereocenters. The molecule has 0 saturated carbocycles. The van der Waals surface area contributed by atoms with Crippen molar-refractivity contribution < 1.29 is 14.5 Å². The van der Waals surface area contributed by atoms with Crippen molar-refractivity contribution in [2.75, 3.05) is 18.1 Å². The highest BCUT2D eigenvalue weighted by Crippen LogP contribution is 2.29. The third kappa shape index (κ3) is 3.66. The zero-order valence-corrected chi connectivity index (χ0v) is 13.1. The zero-order valence-electron chi connectivity index (χ0n) is 13.1. The highest BCUT2D eigenvalue weighted by atomic mass is 16.6. The van der Waals surface area contributed by atoms with Gasteiger partial charge in [-0.3, -0.25) is 14.9 Å². The van der Waals surface area contributed by atoms with Crippen molar-refractivity contribution in [3.8, 4) is 5.75 Å². The predicted octanol–water partition coefficient (Wildman–Crippen LogP) is 3.66. The molecule has 0 aliphatic heterocycles. The molecule has 6 nitrogen and oxygen atoms in total. The quantitative estimate of drug-likeness (QED) is 0.602. The molecule has 0 unspecified atom stereocenters. The van der Waals surface area contributed by atoms with E-state index in [0.29, 0.717) is 13.2 Å². The van der Waals surface area contributed by atoms with Crippen LogP contribution >= 0.6 is 0 Å². The molecule has 23 heavy (non-hydrogen) atoms. The average Bonchev–Trinajstić information content (AvgIpc) is 2.57. The first-order chi connectivity index (χ1) is 11.1. The summed E-state index contributed by atoms with van der Waals surface area (Å²) in [4.78, 5) is 24.9. The van der Waals surface area contributed by atoms with E-state index in [2.05, 4.69) is 0 Å². The smallest absolute Gasteiger partial charge is 0.311 e. The van der Waals surface area contributed by atoms with Crippen molar-refractivity contribution in [3.63, 3.8) is 0 Å². The van der Waals surface area contributed by atoms with Gasteiger partial charge in [-0.15, -0.1) is 0 Å². The van der Waals surface area contributed by atoms with E-state index < -0.39 is 4.92 Å². The number of carbonyl (C=O) groups excluding carboxylic acids is 1. The summed E-state index contributed by atoms with van der Waals surface area (Å²) in [5.74, 6) is -0.123. The van der Waals surface area contributed by atoms with Gasteiger partial charge in [-0.2, -0.15) is 0 Å². The summed E-state index contributed by atoms with van der Waals surface area (Å²) in [7, 11) is 0. The molecule has 2 rings (SSSR count). The largest absolute Gasteiger partial charge is 0.487 e. The molecule has 0 fully saturated rings. The maximum absolute atomic E-state index is 12.7. The van der Waals surface area contributed by atoms with Gasteiger partial charge in [-0.05, 0) is 38.1 Å². The second kappa shape index (κ2) is 7.40. The molecular formula is C17H18N2O4. The SMILES string of the molecule is CCOc1ccc(C(=O)N(CC)c2ccccc2)cc1[N+](=O)[O-]. The number of amides is 1. The molecule has 1 amide bonds. The monoisotopic (exact) mass is 314 g/mol. The minimum absolute atomic E-state index is 0.164. The van der Waals surface area contributed by atoms with Gasteiger partial charge in [0.05, 0.1) is 11.5 Å². The van der Waals surface area contributed by atoms with Crippen LogP contribution in [-0.2, 0) is 0 Å². The van der Waals surface area contributed by atoms with Gasteiger partial charge >= 0.3 is 5.69 Å². The first-order valence-corrected chi connectivity index (χ1v) is 7.36. The van der Waals surface area contributed by atoms with Crippen LogP contribution in [-0.4, -0.2) is 24.0 Å². The van der Waals surface area contributed by atoms with Crippen molar-refractivity contribution in [1.82, 2.24) is 0 Å². The van der Waals surface area contributed by atoms with Crippen LogP contribution in [0.1, 0.15) is 24.2 Å². The lowest BCUT2D eigenvalue weighted by atomic mass is 10.1. The van der Waals surface area contributed by atoms with Gasteiger partial charge in [-0.1, -0.05) is 18.2 Å². The molecule has 0 radical (unpaired) electrons. The van der Waals surface area contributed by atoms with E-state index in [9.17, 15) is 14.9 Å². The van der Waals surface area contributed by atoms with Crippen LogP contribution in [0.4, 0.5) is 11.4 Å². The van der Waals surface area contributed by atoms with Crippen LogP contribution in [0.3, 0.4) is 0 Å². The van der Waals surface area contributed by atoms with Crippen molar-refractivity contribution in [2.24, 2.45) is 0 Å². The van der Waals surface area contributed by atoms with E-state index in [1.165, 1.54) is 12.1 Å². The van der Waals surface area contributed by atoms with Crippen LogP contribution in [0.15, 0.2) is 48.5 Å². The summed E-state index contributed by atoms with van der Waals surface area (Å²) in [5, 5.41) is 11.2. The van der Waals surface area contributed by atoms with Crippen molar-refractivity contribution >= 4 is 17.3 Å². The summed E-state index contributed by atoms with van der Waals surface area (Å²) in [6, 6.07) is 13.5. The maximum Gasteiger partial charge on any atom is 0.311 e. The molecule has 120 valence electrons. The van der Waals surface area contributed by atoms with Crippen LogP contribution in [0.25, 0.3) is 0 Å². The fraction of sp³-hybridized carbons (Fsp3) is 0.235. The van der Waals surface area contributed by atoms with Gasteiger partial charge < -0.3 is 9.64 Å². The molecular weight excluding hydrogens is 296 g/mol. The summed E-state index contributed by atoms with van der Waals surface area (Å²) in [6.07, 6.45) is 0. The molecule has 2 aromatic carbocycles. The highest BCUT2D eigenvalue weighted by Gasteiger charge is 2.22. The lowest BCUT2D eigenvalue weighted by Crippen LogP contribution is -2.30. The first-order valence-electron chi connectivity index (χ1n) is 7.36. The Morgan fingerprint density at radius 3 is 2.43 bits per heavy atom. The molecule has 0 bridgehead atoms. The molecule has 2 aromatic rings. The predicted molar refractivity (Wildman–Crippen MR) is 88.1 cm³/mol. The molecule has 0 aliphatic carbocycles. The normalized spacial score (nSPS) is 10.2. The fourth-order valence-electron chi connectivity index (χ4n) is 2.28. The van der Waals surface area contributed by atoms with Crippen LogP contribution < -0.4 is 9.64 Å². The fourth-order valence-corrected chi connectivity index (χ4v) is 2.28. The number of rotatable bonds is 6. The number of ether oxygens (including phenoxy) is 1. The number of nitro groups is 1. The van der Waals surface area contributed by atoms with Crippen molar-refractivity contribution in [3.05, 3.63) is 64.2 Å². The number of hydrogen-bond acceptors (Lipinski definition) is 4. The zero-order chi connectivity index (χ0) is 16.8. The lowest BCUT2D eigenvalue weighted by molar-refractivity contribution is -0.385. The second-order valence-corrected chi connectivity index (χ2v) is 4.76. The third-order valence-corrected chi connectivity index (χ3v) is 3.33. The molecule has 0 aliphatic rings. The van der Waals surface area contributed by atoms with E-state index in [-0.39, 0.29) is 22.9 Å².